The van der Waals surface area contributed by atoms with Gasteiger partial charge in [-0.15, -0.1) is 11.8 Å². The molecule has 42 heavy (non-hydrogen) atoms. The first-order chi connectivity index (χ1) is 20.3. The highest BCUT2D eigenvalue weighted by Crippen LogP contribution is 2.49. The summed E-state index contributed by atoms with van der Waals surface area (Å²) in [7, 11) is 0. The van der Waals surface area contributed by atoms with E-state index in [2.05, 4.69) is 6.92 Å². The Morgan fingerprint density at radius 2 is 1.71 bits per heavy atom. The average molecular weight is 587 g/mol. The van der Waals surface area contributed by atoms with E-state index < -0.39 is 16.9 Å². The van der Waals surface area contributed by atoms with Gasteiger partial charge in [0.15, 0.2) is 0 Å². The molecular formula is C33H32F2N4O2S. The maximum absolute atomic E-state index is 15.4. The van der Waals surface area contributed by atoms with Gasteiger partial charge in [-0.1, -0.05) is 61.0 Å². The Hall–Kier alpha value is -3.98. The number of carbonyl (C=O) groups excluding carboxylic acids is 2. The molecule has 0 aliphatic carbocycles. The van der Waals surface area contributed by atoms with Crippen molar-refractivity contribution in [2.45, 2.75) is 31.9 Å². The molecule has 0 radical (unpaired) electrons. The van der Waals surface area contributed by atoms with Crippen molar-refractivity contribution in [2.24, 2.45) is 5.92 Å². The maximum atomic E-state index is 15.4. The highest BCUT2D eigenvalue weighted by molar-refractivity contribution is 8.00. The number of rotatable bonds is 5. The van der Waals surface area contributed by atoms with Crippen molar-refractivity contribution in [1.29, 1.82) is 0 Å². The van der Waals surface area contributed by atoms with Gasteiger partial charge in [0, 0.05) is 35.8 Å². The fourth-order valence-corrected chi connectivity index (χ4v) is 6.87. The second-order valence-corrected chi connectivity index (χ2v) is 12.2. The van der Waals surface area contributed by atoms with E-state index >= 15 is 4.39 Å². The number of hydrogen-bond donors (Lipinski definition) is 0. The number of aromatic nitrogens is 2. The summed E-state index contributed by atoms with van der Waals surface area (Å²) in [5.74, 6) is -0.760. The first-order valence-corrected chi connectivity index (χ1v) is 15.2. The molecule has 1 unspecified atom stereocenters. The Bertz CT molecular complexity index is 1620. The number of fused-ring (bicyclic) bond motifs is 1. The topological polar surface area (TPSA) is 58.4 Å². The van der Waals surface area contributed by atoms with Gasteiger partial charge in [-0.2, -0.15) is 5.10 Å². The zero-order chi connectivity index (χ0) is 29.4. The summed E-state index contributed by atoms with van der Waals surface area (Å²) in [5, 5.41) is 4.36. The predicted octanol–water partition coefficient (Wildman–Crippen LogP) is 6.55. The third kappa shape index (κ3) is 5.45. The fourth-order valence-electron chi connectivity index (χ4n) is 5.65. The molecule has 0 spiro atoms. The molecule has 2 aliphatic rings. The molecule has 3 heterocycles. The third-order valence-corrected chi connectivity index (χ3v) is 9.33. The largest absolute Gasteiger partial charge is 0.341 e. The Kier molecular flexibility index (Phi) is 7.86. The number of piperidine rings is 1. The van der Waals surface area contributed by atoms with E-state index in [4.69, 9.17) is 5.10 Å². The lowest BCUT2D eigenvalue weighted by atomic mass is 9.98. The summed E-state index contributed by atoms with van der Waals surface area (Å²) < 4.78 is 31.1. The van der Waals surface area contributed by atoms with Crippen molar-refractivity contribution in [3.8, 4) is 16.9 Å². The Labute approximate surface area is 248 Å². The Morgan fingerprint density at radius 1 is 1.00 bits per heavy atom. The smallest absolute Gasteiger partial charge is 0.242 e. The first-order valence-electron chi connectivity index (χ1n) is 14.2. The van der Waals surface area contributed by atoms with Gasteiger partial charge in [0.05, 0.1) is 22.4 Å². The average Bonchev–Trinajstić information content (AvgIpc) is 3.31. The SMILES string of the molecule is Cc1ccc(-n2nc(-c3ccccc3)c3c2N(CC(=O)N2CCC(C)CC2)C(=O)CSC3c2ccc(F)cc2F)cc1. The Balaban J connectivity index is 1.57. The van der Waals surface area contributed by atoms with E-state index in [1.807, 2.05) is 66.4 Å². The molecule has 2 amide bonds. The zero-order valence-corrected chi connectivity index (χ0v) is 24.4. The molecule has 1 saturated heterocycles. The predicted molar refractivity (Wildman–Crippen MR) is 162 cm³/mol. The fraction of sp³-hybridized carbons (Fsp3) is 0.303. The van der Waals surface area contributed by atoms with Gasteiger partial charge in [-0.3, -0.25) is 14.5 Å². The minimum absolute atomic E-state index is 0.0165. The number of nitrogens with zero attached hydrogens (tertiary/aromatic N) is 4. The van der Waals surface area contributed by atoms with Crippen LogP contribution in [0, 0.1) is 24.5 Å². The van der Waals surface area contributed by atoms with Crippen molar-refractivity contribution in [3.05, 3.63) is 101 Å². The molecule has 2 aliphatic heterocycles. The number of anilines is 1. The Morgan fingerprint density at radius 3 is 2.40 bits per heavy atom. The lowest BCUT2D eigenvalue weighted by Gasteiger charge is -2.32. The number of amides is 2. The van der Waals surface area contributed by atoms with Crippen molar-refractivity contribution in [2.75, 3.05) is 30.3 Å². The van der Waals surface area contributed by atoms with Crippen LogP contribution in [0.25, 0.3) is 16.9 Å². The second kappa shape index (κ2) is 11.7. The number of benzene rings is 3. The van der Waals surface area contributed by atoms with Crippen LogP contribution in [0.5, 0.6) is 0 Å². The molecule has 4 aromatic rings. The van der Waals surface area contributed by atoms with Gasteiger partial charge < -0.3 is 4.90 Å². The number of hydrogen-bond acceptors (Lipinski definition) is 4. The summed E-state index contributed by atoms with van der Waals surface area (Å²) in [6, 6.07) is 20.8. The maximum Gasteiger partial charge on any atom is 0.242 e. The van der Waals surface area contributed by atoms with E-state index in [0.717, 1.165) is 30.0 Å². The van der Waals surface area contributed by atoms with Gasteiger partial charge in [0.2, 0.25) is 11.8 Å². The van der Waals surface area contributed by atoms with Crippen LogP contribution in [-0.4, -0.2) is 51.9 Å². The number of aryl methyl sites for hydroxylation is 1. The number of likely N-dealkylation sites (tertiary alicyclic amines) is 1. The molecule has 3 aromatic carbocycles. The minimum Gasteiger partial charge on any atom is -0.341 e. The van der Waals surface area contributed by atoms with E-state index in [9.17, 15) is 14.0 Å². The van der Waals surface area contributed by atoms with Crippen LogP contribution in [0.3, 0.4) is 0 Å². The standard InChI is InChI=1S/C33H32F2N4O2S/c1-21-8-11-25(12-9-21)39-33-30(31(36-39)23-6-4-3-5-7-23)32(26-13-10-24(34)18-27(26)35)42-20-29(41)38(33)19-28(40)37-16-14-22(2)15-17-37/h3-13,18,22,32H,14-17,19-20H2,1-2H3. The van der Waals surface area contributed by atoms with Crippen molar-refractivity contribution in [1.82, 2.24) is 14.7 Å². The van der Waals surface area contributed by atoms with Crippen molar-refractivity contribution >= 4 is 29.4 Å². The van der Waals surface area contributed by atoms with E-state index in [0.29, 0.717) is 41.8 Å². The zero-order valence-electron chi connectivity index (χ0n) is 23.6. The normalized spacial score (nSPS) is 17.7. The lowest BCUT2D eigenvalue weighted by Crippen LogP contribution is -2.46. The molecule has 0 N–H and O–H groups in total. The molecule has 0 bridgehead atoms. The first kappa shape index (κ1) is 28.2. The van der Waals surface area contributed by atoms with Gasteiger partial charge >= 0.3 is 0 Å². The van der Waals surface area contributed by atoms with Crippen molar-refractivity contribution < 1.29 is 18.4 Å². The summed E-state index contributed by atoms with van der Waals surface area (Å²) >= 11 is 1.26. The summed E-state index contributed by atoms with van der Waals surface area (Å²) in [5.41, 5.74) is 4.01. The van der Waals surface area contributed by atoms with Gasteiger partial charge in [0.1, 0.15) is 24.0 Å². The second-order valence-electron chi connectivity index (χ2n) is 11.1. The van der Waals surface area contributed by atoms with Gasteiger partial charge in [-0.05, 0) is 43.9 Å². The quantitative estimate of drug-likeness (QED) is 0.266. The molecule has 1 fully saturated rings. The molecule has 6 rings (SSSR count). The van der Waals surface area contributed by atoms with Crippen LogP contribution in [-0.2, 0) is 9.59 Å². The van der Waals surface area contributed by atoms with E-state index in [1.54, 1.807) is 4.68 Å². The molecule has 1 aromatic heterocycles. The molecule has 6 nitrogen and oxygen atoms in total. The van der Waals surface area contributed by atoms with Crippen LogP contribution >= 0.6 is 11.8 Å². The lowest BCUT2D eigenvalue weighted by molar-refractivity contribution is -0.132. The molecule has 1 atom stereocenters. The molecular weight excluding hydrogens is 554 g/mol. The summed E-state index contributed by atoms with van der Waals surface area (Å²) in [6.07, 6.45) is 1.85. The van der Waals surface area contributed by atoms with Crippen molar-refractivity contribution in [3.63, 3.8) is 0 Å². The number of halogens is 2. The molecule has 216 valence electrons. The number of thioether (sulfide) groups is 1. The highest BCUT2D eigenvalue weighted by Gasteiger charge is 2.39. The van der Waals surface area contributed by atoms with Gasteiger partial charge in [0.25, 0.3) is 0 Å². The summed E-state index contributed by atoms with van der Waals surface area (Å²) in [6.45, 7) is 5.33. The van der Waals surface area contributed by atoms with Crippen LogP contribution in [0.1, 0.15) is 41.7 Å². The monoisotopic (exact) mass is 586 g/mol. The third-order valence-electron chi connectivity index (χ3n) is 8.09. The highest BCUT2D eigenvalue weighted by atomic mass is 32.2. The van der Waals surface area contributed by atoms with Crippen LogP contribution < -0.4 is 4.90 Å². The van der Waals surface area contributed by atoms with Gasteiger partial charge in [-0.25, -0.2) is 13.5 Å². The van der Waals surface area contributed by atoms with Crippen LogP contribution in [0.4, 0.5) is 14.6 Å². The van der Waals surface area contributed by atoms with Crippen LogP contribution in [0.2, 0.25) is 0 Å². The summed E-state index contributed by atoms with van der Waals surface area (Å²) in [4.78, 5) is 30.9. The van der Waals surface area contributed by atoms with E-state index in [1.165, 1.54) is 28.8 Å². The van der Waals surface area contributed by atoms with E-state index in [-0.39, 0.29) is 29.7 Å². The molecule has 9 heteroatoms. The minimum atomic E-state index is -0.694. The molecule has 0 saturated carbocycles. The van der Waals surface area contributed by atoms with Crippen LogP contribution in [0.15, 0.2) is 72.8 Å². The number of carbonyl (C=O) groups is 2.